The lowest BCUT2D eigenvalue weighted by molar-refractivity contribution is 0.119. The van der Waals surface area contributed by atoms with E-state index < -0.39 is 0 Å². The number of hydrogen-bond acceptors (Lipinski definition) is 1. The minimum Gasteiger partial charge on any atom is -0.317 e. The van der Waals surface area contributed by atoms with Gasteiger partial charge in [-0.3, -0.25) is 0 Å². The van der Waals surface area contributed by atoms with Crippen molar-refractivity contribution in [2.45, 2.75) is 58.4 Å². The molecule has 0 aromatic rings. The van der Waals surface area contributed by atoms with Crippen LogP contribution in [0.1, 0.15) is 52.4 Å². The normalized spacial score (nSPS) is 47.0. The standard InChI is InChI=1S/C14H27N/c1-10-4-5-12(9-14(8-10)15-3)13-6-11(2)7-13/h10-15H,4-9H2,1-3H3/t10-,11?,12?,13?,14-/m1/s1. The van der Waals surface area contributed by atoms with Gasteiger partial charge in [0.05, 0.1) is 0 Å². The summed E-state index contributed by atoms with van der Waals surface area (Å²) in [7, 11) is 2.14. The second kappa shape index (κ2) is 4.86. The zero-order valence-electron chi connectivity index (χ0n) is 10.6. The van der Waals surface area contributed by atoms with Crippen molar-refractivity contribution < 1.29 is 0 Å². The zero-order valence-corrected chi connectivity index (χ0v) is 10.6. The molecule has 0 radical (unpaired) electrons. The van der Waals surface area contributed by atoms with Crippen LogP contribution < -0.4 is 5.32 Å². The summed E-state index contributed by atoms with van der Waals surface area (Å²) in [5, 5.41) is 3.52. The van der Waals surface area contributed by atoms with E-state index in [0.717, 1.165) is 29.7 Å². The lowest BCUT2D eigenvalue weighted by Crippen LogP contribution is -2.33. The van der Waals surface area contributed by atoms with Crippen LogP contribution in [0.25, 0.3) is 0 Å². The second-order valence-electron chi connectivity index (χ2n) is 6.24. The molecule has 0 aromatic carbocycles. The molecule has 2 aliphatic rings. The fourth-order valence-corrected chi connectivity index (χ4v) is 3.70. The lowest BCUT2D eigenvalue weighted by atomic mass is 9.67. The predicted octanol–water partition coefficient (Wildman–Crippen LogP) is 3.45. The molecule has 3 atom stereocenters. The fraction of sp³-hybridized carbons (Fsp3) is 1.00. The van der Waals surface area contributed by atoms with Gasteiger partial charge < -0.3 is 5.32 Å². The Balaban J connectivity index is 1.88. The van der Waals surface area contributed by atoms with E-state index >= 15 is 0 Å². The van der Waals surface area contributed by atoms with Crippen LogP contribution in [0.3, 0.4) is 0 Å². The first-order valence-corrected chi connectivity index (χ1v) is 6.86. The molecule has 1 heteroatoms. The monoisotopic (exact) mass is 209 g/mol. The van der Waals surface area contributed by atoms with E-state index in [2.05, 4.69) is 26.2 Å². The molecule has 0 spiro atoms. The molecule has 0 heterocycles. The highest BCUT2D eigenvalue weighted by atomic mass is 14.9. The van der Waals surface area contributed by atoms with E-state index in [1.54, 1.807) is 0 Å². The highest BCUT2D eigenvalue weighted by Crippen LogP contribution is 2.44. The Kier molecular flexibility index (Phi) is 3.71. The average Bonchev–Trinajstić information content (AvgIpc) is 2.35. The maximum absolute atomic E-state index is 3.52. The Bertz CT molecular complexity index is 196. The third kappa shape index (κ3) is 2.75. The van der Waals surface area contributed by atoms with Crippen molar-refractivity contribution in [2.75, 3.05) is 7.05 Å². The van der Waals surface area contributed by atoms with Crippen LogP contribution in [0.5, 0.6) is 0 Å². The lowest BCUT2D eigenvalue weighted by Gasteiger charge is -2.39. The summed E-state index contributed by atoms with van der Waals surface area (Å²) in [5.74, 6) is 4.05. The number of rotatable bonds is 2. The smallest absolute Gasteiger partial charge is 0.00693 e. The van der Waals surface area contributed by atoms with Crippen molar-refractivity contribution >= 4 is 0 Å². The molecular weight excluding hydrogens is 182 g/mol. The van der Waals surface area contributed by atoms with Crippen molar-refractivity contribution in [3.05, 3.63) is 0 Å². The Morgan fingerprint density at radius 3 is 2.13 bits per heavy atom. The molecule has 0 saturated heterocycles. The first-order chi connectivity index (χ1) is 7.19. The van der Waals surface area contributed by atoms with Crippen LogP contribution in [-0.4, -0.2) is 13.1 Å². The van der Waals surface area contributed by atoms with Gasteiger partial charge in [0.25, 0.3) is 0 Å². The van der Waals surface area contributed by atoms with Gasteiger partial charge in [-0.05, 0) is 62.8 Å². The molecule has 0 amide bonds. The molecule has 1 N–H and O–H groups in total. The summed E-state index contributed by atoms with van der Waals surface area (Å²) in [6.45, 7) is 4.83. The third-order valence-electron chi connectivity index (χ3n) is 4.79. The van der Waals surface area contributed by atoms with Gasteiger partial charge >= 0.3 is 0 Å². The molecule has 88 valence electrons. The van der Waals surface area contributed by atoms with Gasteiger partial charge in [0, 0.05) is 6.04 Å². The van der Waals surface area contributed by atoms with E-state index in [4.69, 9.17) is 0 Å². The summed E-state index contributed by atoms with van der Waals surface area (Å²) in [5.41, 5.74) is 0. The molecule has 0 aromatic heterocycles. The highest BCUT2D eigenvalue weighted by molar-refractivity contribution is 4.87. The van der Waals surface area contributed by atoms with Crippen molar-refractivity contribution in [3.8, 4) is 0 Å². The largest absolute Gasteiger partial charge is 0.317 e. The Hall–Kier alpha value is -0.0400. The molecule has 2 rings (SSSR count). The minimum absolute atomic E-state index is 0.795. The van der Waals surface area contributed by atoms with Crippen LogP contribution in [0.15, 0.2) is 0 Å². The van der Waals surface area contributed by atoms with Crippen LogP contribution >= 0.6 is 0 Å². The summed E-state index contributed by atoms with van der Waals surface area (Å²) in [6.07, 6.45) is 8.82. The molecule has 2 aliphatic carbocycles. The molecule has 2 saturated carbocycles. The van der Waals surface area contributed by atoms with E-state index in [0.29, 0.717) is 0 Å². The van der Waals surface area contributed by atoms with Crippen LogP contribution in [0.4, 0.5) is 0 Å². The molecule has 1 nitrogen and oxygen atoms in total. The van der Waals surface area contributed by atoms with Crippen molar-refractivity contribution in [3.63, 3.8) is 0 Å². The maximum atomic E-state index is 3.52. The first kappa shape index (κ1) is 11.4. The third-order valence-corrected chi connectivity index (χ3v) is 4.79. The highest BCUT2D eigenvalue weighted by Gasteiger charge is 2.35. The van der Waals surface area contributed by atoms with Crippen molar-refractivity contribution in [1.82, 2.24) is 5.32 Å². The van der Waals surface area contributed by atoms with E-state index in [1.807, 2.05) is 0 Å². The Morgan fingerprint density at radius 2 is 1.53 bits per heavy atom. The van der Waals surface area contributed by atoms with E-state index in [-0.39, 0.29) is 0 Å². The van der Waals surface area contributed by atoms with Gasteiger partial charge in [0.15, 0.2) is 0 Å². The van der Waals surface area contributed by atoms with Gasteiger partial charge in [0.2, 0.25) is 0 Å². The fourth-order valence-electron chi connectivity index (χ4n) is 3.70. The predicted molar refractivity (Wildman–Crippen MR) is 65.9 cm³/mol. The van der Waals surface area contributed by atoms with Gasteiger partial charge in [0.1, 0.15) is 0 Å². The molecular formula is C14H27N. The van der Waals surface area contributed by atoms with E-state index in [1.165, 1.54) is 38.5 Å². The summed E-state index contributed by atoms with van der Waals surface area (Å²) in [4.78, 5) is 0. The molecule has 15 heavy (non-hydrogen) atoms. The molecule has 1 unspecified atom stereocenters. The van der Waals surface area contributed by atoms with Gasteiger partial charge in [-0.15, -0.1) is 0 Å². The summed E-state index contributed by atoms with van der Waals surface area (Å²) >= 11 is 0. The van der Waals surface area contributed by atoms with Gasteiger partial charge in [-0.2, -0.15) is 0 Å². The van der Waals surface area contributed by atoms with Crippen LogP contribution in [0, 0.1) is 23.7 Å². The number of nitrogens with one attached hydrogen (secondary N) is 1. The Morgan fingerprint density at radius 1 is 0.800 bits per heavy atom. The molecule has 0 bridgehead atoms. The zero-order chi connectivity index (χ0) is 10.8. The minimum atomic E-state index is 0.795. The quantitative estimate of drug-likeness (QED) is 0.687. The average molecular weight is 209 g/mol. The molecule has 2 fully saturated rings. The first-order valence-electron chi connectivity index (χ1n) is 6.86. The van der Waals surface area contributed by atoms with Gasteiger partial charge in [-0.1, -0.05) is 20.3 Å². The van der Waals surface area contributed by atoms with Crippen LogP contribution in [-0.2, 0) is 0 Å². The second-order valence-corrected chi connectivity index (χ2v) is 6.24. The Labute approximate surface area is 95.0 Å². The van der Waals surface area contributed by atoms with Crippen LogP contribution in [0.2, 0.25) is 0 Å². The van der Waals surface area contributed by atoms with Crippen molar-refractivity contribution in [2.24, 2.45) is 23.7 Å². The SMILES string of the molecule is CN[C@H]1CC(C2CC(C)C2)CC[C@@H](C)C1. The maximum Gasteiger partial charge on any atom is 0.00693 e. The number of hydrogen-bond donors (Lipinski definition) is 1. The summed E-state index contributed by atoms with van der Waals surface area (Å²) in [6, 6.07) is 0.795. The van der Waals surface area contributed by atoms with Crippen molar-refractivity contribution in [1.29, 1.82) is 0 Å². The topological polar surface area (TPSA) is 12.0 Å². The van der Waals surface area contributed by atoms with Gasteiger partial charge in [-0.25, -0.2) is 0 Å². The van der Waals surface area contributed by atoms with E-state index in [9.17, 15) is 0 Å². The molecule has 0 aliphatic heterocycles. The summed E-state index contributed by atoms with van der Waals surface area (Å²) < 4.78 is 0.